The number of nitrogens with zero attached hydrogens (tertiary/aromatic N) is 1. The minimum absolute atomic E-state index is 0.00813. The number of hydrogen-bond acceptors (Lipinski definition) is 6. The molecule has 1 N–H and O–H groups in total. The van der Waals surface area contributed by atoms with E-state index in [2.05, 4.69) is 5.32 Å². The summed E-state index contributed by atoms with van der Waals surface area (Å²) in [5, 5.41) is 5.57. The maximum Gasteiger partial charge on any atom is 0.230 e. The Morgan fingerprint density at radius 2 is 1.81 bits per heavy atom. The second-order valence-electron chi connectivity index (χ2n) is 9.46. The number of Topliss-reactive ketones (excluding diaryl/α,β-unsaturated/α-hetero) is 1. The van der Waals surface area contributed by atoms with Crippen molar-refractivity contribution < 1.29 is 19.1 Å². The molecule has 0 radical (unpaired) electrons. The summed E-state index contributed by atoms with van der Waals surface area (Å²) in [6.07, 6.45) is 1.01. The molecule has 6 nitrogen and oxygen atoms in total. The van der Waals surface area contributed by atoms with Crippen LogP contribution in [0.1, 0.15) is 49.1 Å². The summed E-state index contributed by atoms with van der Waals surface area (Å²) in [6, 6.07) is 17.2. The first-order valence-corrected chi connectivity index (χ1v) is 13.0. The van der Waals surface area contributed by atoms with Crippen LogP contribution in [-0.2, 0) is 9.59 Å². The third-order valence-corrected chi connectivity index (χ3v) is 7.84. The summed E-state index contributed by atoms with van der Waals surface area (Å²) < 4.78 is 10.9. The predicted molar refractivity (Wildman–Crippen MR) is 143 cm³/mol. The summed E-state index contributed by atoms with van der Waals surface area (Å²) in [4.78, 5) is 30.4. The molecular weight excluding hydrogens is 472 g/mol. The maximum atomic E-state index is 14.0. The van der Waals surface area contributed by atoms with Crippen LogP contribution < -0.4 is 19.7 Å². The number of allylic oxidation sites excluding steroid dienone is 1. The molecule has 0 fully saturated rings. The minimum atomic E-state index is -0.468. The third kappa shape index (κ3) is 4.17. The molecule has 1 aromatic heterocycles. The van der Waals surface area contributed by atoms with Crippen LogP contribution in [0.15, 0.2) is 71.2 Å². The molecule has 3 aromatic rings. The monoisotopic (exact) mass is 502 g/mol. The van der Waals surface area contributed by atoms with E-state index >= 15 is 0 Å². The van der Waals surface area contributed by atoms with Crippen molar-refractivity contribution in [2.45, 2.75) is 38.6 Å². The van der Waals surface area contributed by atoms with Gasteiger partial charge in [0.05, 0.1) is 25.6 Å². The minimum Gasteiger partial charge on any atom is -0.493 e. The fraction of sp³-hybridized carbons (Fsp3) is 0.310. The van der Waals surface area contributed by atoms with E-state index in [-0.39, 0.29) is 23.5 Å². The predicted octanol–water partition coefficient (Wildman–Crippen LogP) is 6.32. The zero-order chi connectivity index (χ0) is 25.4. The van der Waals surface area contributed by atoms with Gasteiger partial charge in [0.1, 0.15) is 6.04 Å². The van der Waals surface area contributed by atoms with Crippen molar-refractivity contribution in [2.75, 3.05) is 24.4 Å². The molecule has 5 rings (SSSR count). The third-order valence-electron chi connectivity index (χ3n) is 6.91. The van der Waals surface area contributed by atoms with Gasteiger partial charge in [-0.05, 0) is 53.6 Å². The quantitative estimate of drug-likeness (QED) is 0.442. The maximum absolute atomic E-state index is 14.0. The number of thiophene rings is 1. The van der Waals surface area contributed by atoms with Gasteiger partial charge in [-0.1, -0.05) is 38.1 Å². The van der Waals surface area contributed by atoms with Crippen LogP contribution in [0.25, 0.3) is 0 Å². The van der Waals surface area contributed by atoms with Gasteiger partial charge in [0.2, 0.25) is 5.91 Å². The number of anilines is 2. The number of nitrogens with one attached hydrogen (secondary N) is 1. The topological polar surface area (TPSA) is 67.9 Å². The second kappa shape index (κ2) is 9.82. The number of benzene rings is 2. The average molecular weight is 503 g/mol. The number of rotatable bonds is 5. The van der Waals surface area contributed by atoms with E-state index in [1.54, 1.807) is 25.6 Å². The fourth-order valence-corrected chi connectivity index (χ4v) is 5.99. The number of hydrogen-bond donors (Lipinski definition) is 1. The Bertz CT molecular complexity index is 1330. The number of para-hydroxylation sites is 2. The van der Waals surface area contributed by atoms with Gasteiger partial charge in [-0.15, -0.1) is 11.3 Å². The smallest absolute Gasteiger partial charge is 0.230 e. The first-order chi connectivity index (χ1) is 17.4. The molecule has 2 atom stereocenters. The van der Waals surface area contributed by atoms with Gasteiger partial charge in [-0.2, -0.15) is 0 Å². The Hall–Kier alpha value is -3.58. The van der Waals surface area contributed by atoms with Crippen LogP contribution in [0.2, 0.25) is 0 Å². The van der Waals surface area contributed by atoms with Gasteiger partial charge in [-0.25, -0.2) is 0 Å². The summed E-state index contributed by atoms with van der Waals surface area (Å²) in [7, 11) is 3.23. The molecule has 2 aliphatic rings. The van der Waals surface area contributed by atoms with Crippen molar-refractivity contribution in [1.29, 1.82) is 0 Å². The van der Waals surface area contributed by atoms with Crippen molar-refractivity contribution in [2.24, 2.45) is 5.92 Å². The second-order valence-corrected chi connectivity index (χ2v) is 10.4. The zero-order valence-electron chi connectivity index (χ0n) is 20.9. The molecule has 2 aromatic carbocycles. The van der Waals surface area contributed by atoms with Crippen molar-refractivity contribution in [3.8, 4) is 11.5 Å². The Morgan fingerprint density at radius 1 is 1.03 bits per heavy atom. The van der Waals surface area contributed by atoms with Crippen LogP contribution in [0.4, 0.5) is 11.4 Å². The molecule has 1 aliphatic carbocycles. The van der Waals surface area contributed by atoms with Gasteiger partial charge >= 0.3 is 0 Å². The molecule has 1 amide bonds. The number of fused-ring (bicyclic) bond motifs is 1. The van der Waals surface area contributed by atoms with E-state index in [1.807, 2.05) is 78.7 Å². The summed E-state index contributed by atoms with van der Waals surface area (Å²) in [6.45, 7) is 3.81. The molecule has 186 valence electrons. The van der Waals surface area contributed by atoms with Crippen molar-refractivity contribution in [3.63, 3.8) is 0 Å². The van der Waals surface area contributed by atoms with Crippen LogP contribution >= 0.6 is 11.3 Å². The van der Waals surface area contributed by atoms with Gasteiger partial charge in [-0.3, -0.25) is 14.5 Å². The number of ketones is 1. The number of carbonyl (C=O) groups excluding carboxylic acids is 2. The first kappa shape index (κ1) is 24.1. The van der Waals surface area contributed by atoms with Crippen molar-refractivity contribution in [1.82, 2.24) is 0 Å². The fourth-order valence-electron chi connectivity index (χ4n) is 5.17. The highest BCUT2D eigenvalue weighted by atomic mass is 32.1. The van der Waals surface area contributed by atoms with E-state index in [1.165, 1.54) is 0 Å². The number of ether oxygens (including phenoxy) is 2. The summed E-state index contributed by atoms with van der Waals surface area (Å²) in [5.41, 5.74) is 4.20. The van der Waals surface area contributed by atoms with Crippen LogP contribution in [0.5, 0.6) is 11.5 Å². The number of amides is 1. The van der Waals surface area contributed by atoms with E-state index in [9.17, 15) is 9.59 Å². The molecule has 36 heavy (non-hydrogen) atoms. The van der Waals surface area contributed by atoms with Crippen LogP contribution in [0, 0.1) is 5.92 Å². The van der Waals surface area contributed by atoms with Crippen molar-refractivity contribution in [3.05, 3.63) is 81.7 Å². The Balaban J connectivity index is 1.65. The molecule has 0 bridgehead atoms. The average Bonchev–Trinajstić information content (AvgIpc) is 3.37. The molecule has 0 saturated carbocycles. The Kier molecular flexibility index (Phi) is 6.58. The van der Waals surface area contributed by atoms with Crippen molar-refractivity contribution >= 4 is 34.4 Å². The lowest BCUT2D eigenvalue weighted by Crippen LogP contribution is -2.40. The van der Waals surface area contributed by atoms with E-state index in [4.69, 9.17) is 9.47 Å². The highest BCUT2D eigenvalue weighted by Crippen LogP contribution is 2.49. The Labute approximate surface area is 215 Å². The summed E-state index contributed by atoms with van der Waals surface area (Å²) >= 11 is 1.57. The largest absolute Gasteiger partial charge is 0.493 e. The van der Waals surface area contributed by atoms with E-state index in [0.29, 0.717) is 29.9 Å². The number of carbonyl (C=O) groups is 2. The molecule has 0 unspecified atom stereocenters. The zero-order valence-corrected chi connectivity index (χ0v) is 21.7. The SMILES string of the molecule is COc1ccc([C@@H]2CC(=O)C3=C(C2)Nc2ccccc2N(C(=O)C(C)C)[C@@H]3c2cccs2)cc1OC. The van der Waals surface area contributed by atoms with Gasteiger partial charge in [0.15, 0.2) is 17.3 Å². The molecule has 2 heterocycles. The highest BCUT2D eigenvalue weighted by molar-refractivity contribution is 7.10. The Morgan fingerprint density at radius 3 is 2.50 bits per heavy atom. The van der Waals surface area contributed by atoms with Crippen LogP contribution in [-0.4, -0.2) is 25.9 Å². The molecule has 0 saturated heterocycles. The van der Waals surface area contributed by atoms with Crippen LogP contribution in [0.3, 0.4) is 0 Å². The molecule has 0 spiro atoms. The highest BCUT2D eigenvalue weighted by Gasteiger charge is 2.42. The van der Waals surface area contributed by atoms with E-state index in [0.717, 1.165) is 27.5 Å². The molecular formula is C29H30N2O4S. The standard InChI is InChI=1S/C29H30N2O4S/c1-17(2)29(33)31-22-9-6-5-8-20(22)30-21-14-19(18-11-12-24(34-3)25(16-18)35-4)15-23(32)27(21)28(31)26-10-7-13-36-26/h5-13,16-17,19,28,30H,14-15H2,1-4H3/t19-,28+/m0/s1. The van der Waals surface area contributed by atoms with E-state index < -0.39 is 6.04 Å². The van der Waals surface area contributed by atoms with Gasteiger partial charge in [0, 0.05) is 28.5 Å². The lowest BCUT2D eigenvalue weighted by molar-refractivity contribution is -0.121. The van der Waals surface area contributed by atoms with Gasteiger partial charge < -0.3 is 14.8 Å². The molecule has 7 heteroatoms. The first-order valence-electron chi connectivity index (χ1n) is 12.1. The summed E-state index contributed by atoms with van der Waals surface area (Å²) in [5.74, 6) is 1.10. The lowest BCUT2D eigenvalue weighted by Gasteiger charge is -2.35. The molecule has 1 aliphatic heterocycles. The normalized spacial score (nSPS) is 19.4. The number of methoxy groups -OCH3 is 2. The lowest BCUT2D eigenvalue weighted by atomic mass is 9.79. The van der Waals surface area contributed by atoms with Gasteiger partial charge in [0.25, 0.3) is 0 Å².